The van der Waals surface area contributed by atoms with Crippen molar-refractivity contribution >= 4 is 38.7 Å². The van der Waals surface area contributed by atoms with Gasteiger partial charge in [0.15, 0.2) is 0 Å². The lowest BCUT2D eigenvalue weighted by Gasteiger charge is -2.22. The molecular weight excluding hydrogens is 1000 g/mol. The Morgan fingerprint density at radius 2 is 1.11 bits per heavy atom. The van der Waals surface area contributed by atoms with Crippen LogP contribution in [0, 0.1) is 43.1 Å². The number of aryl methyl sites for hydroxylation is 6. The number of hydrogen-bond acceptors (Lipinski definition) is 6. The van der Waals surface area contributed by atoms with Crippen molar-refractivity contribution in [3.63, 3.8) is 0 Å². The summed E-state index contributed by atoms with van der Waals surface area (Å²) in [5.74, 6) is 0.861. The van der Waals surface area contributed by atoms with Gasteiger partial charge in [0, 0.05) is 62.4 Å². The third kappa shape index (κ3) is 9.84. The summed E-state index contributed by atoms with van der Waals surface area (Å²) in [6.45, 7) is 25.6. The summed E-state index contributed by atoms with van der Waals surface area (Å²) in [5, 5.41) is 24.6. The first-order chi connectivity index (χ1) is 39.6. The van der Waals surface area contributed by atoms with E-state index in [1.807, 2.05) is 50.5 Å². The molecule has 12 aromatic rings. The lowest BCUT2D eigenvalue weighted by molar-refractivity contribution is 0.539. The van der Waals surface area contributed by atoms with Gasteiger partial charge in [0.1, 0.15) is 23.2 Å². The number of aromatic nitrogens is 6. The van der Waals surface area contributed by atoms with E-state index in [4.69, 9.17) is 26.5 Å². The molecule has 0 unspecified atom stereocenters. The van der Waals surface area contributed by atoms with Crippen molar-refractivity contribution in [1.29, 1.82) is 10.5 Å². The number of fused-ring (bicyclic) bond motifs is 6. The van der Waals surface area contributed by atoms with Gasteiger partial charge in [-0.25, -0.2) is 19.8 Å². The first-order valence-electron chi connectivity index (χ1n) is 28.0. The van der Waals surface area contributed by atoms with Gasteiger partial charge in [-0.3, -0.25) is 9.38 Å². The Labute approximate surface area is 479 Å². The smallest absolute Gasteiger partial charge is 0.216 e. The molecule has 9 heteroatoms. The fourth-order valence-electron chi connectivity index (χ4n) is 11.8. The van der Waals surface area contributed by atoms with Gasteiger partial charge in [0.2, 0.25) is 5.69 Å². The summed E-state index contributed by atoms with van der Waals surface area (Å²) in [6.07, 6.45) is 8.52. The number of rotatable bonds is 11. The lowest BCUT2D eigenvalue weighted by atomic mass is 9.87. The molecule has 0 spiro atoms. The molecule has 0 amide bonds. The molecule has 398 valence electrons. The van der Waals surface area contributed by atoms with Crippen LogP contribution in [0.3, 0.4) is 0 Å². The molecule has 5 heterocycles. The fraction of sp³-hybridized carbons (Fsp3) is 0.192. The molecule has 0 saturated heterocycles. The third-order valence-electron chi connectivity index (χ3n) is 15.8. The molecular formula is C73H61N9. The number of benzene rings is 7. The Hall–Kier alpha value is -10.0. The highest BCUT2D eigenvalue weighted by molar-refractivity contribution is 6.01. The van der Waals surface area contributed by atoms with Crippen molar-refractivity contribution in [1.82, 2.24) is 28.7 Å². The average Bonchev–Trinajstić information content (AvgIpc) is 3.45. The summed E-state index contributed by atoms with van der Waals surface area (Å²) < 4.78 is 4.25. The molecule has 12 rings (SSSR count). The predicted octanol–water partition coefficient (Wildman–Crippen LogP) is 17.5. The van der Waals surface area contributed by atoms with Gasteiger partial charge in [0.25, 0.3) is 0 Å². The van der Waals surface area contributed by atoms with E-state index in [1.54, 1.807) is 0 Å². The van der Waals surface area contributed by atoms with Gasteiger partial charge < -0.3 is 4.40 Å². The van der Waals surface area contributed by atoms with Crippen molar-refractivity contribution in [2.24, 2.45) is 0 Å². The molecule has 5 aromatic heterocycles. The Kier molecular flexibility index (Phi) is 13.4. The van der Waals surface area contributed by atoms with Crippen molar-refractivity contribution < 1.29 is 0 Å². The van der Waals surface area contributed by atoms with Gasteiger partial charge >= 0.3 is 0 Å². The second-order valence-corrected chi connectivity index (χ2v) is 23.7. The molecule has 0 atom stereocenters. The lowest BCUT2D eigenvalue weighted by Crippen LogP contribution is -2.18. The summed E-state index contributed by atoms with van der Waals surface area (Å²) >= 11 is 0. The summed E-state index contributed by atoms with van der Waals surface area (Å²) in [4.78, 5) is 24.0. The first kappa shape index (κ1) is 52.7. The molecule has 0 N–H and O–H groups in total. The van der Waals surface area contributed by atoms with Crippen LogP contribution in [0.1, 0.15) is 97.8 Å². The van der Waals surface area contributed by atoms with Gasteiger partial charge in [0.05, 0.1) is 46.4 Å². The minimum Gasteiger partial charge on any atom is -0.303 e. The molecule has 9 nitrogen and oxygen atoms in total. The summed E-state index contributed by atoms with van der Waals surface area (Å²) in [5.41, 5.74) is 20.6. The van der Waals surface area contributed by atoms with E-state index in [1.165, 1.54) is 5.56 Å². The van der Waals surface area contributed by atoms with Crippen molar-refractivity contribution in [3.8, 4) is 67.9 Å². The number of nitriles is 2. The van der Waals surface area contributed by atoms with E-state index in [-0.39, 0.29) is 10.8 Å². The van der Waals surface area contributed by atoms with Gasteiger partial charge in [-0.15, -0.1) is 0 Å². The van der Waals surface area contributed by atoms with Crippen LogP contribution in [0.15, 0.2) is 176 Å². The van der Waals surface area contributed by atoms with Crippen LogP contribution < -0.4 is 0 Å². The topological polar surface area (TPSA) is 112 Å². The van der Waals surface area contributed by atoms with E-state index in [2.05, 4.69) is 207 Å². The Morgan fingerprint density at radius 3 is 1.78 bits per heavy atom. The maximum atomic E-state index is 10.9. The van der Waals surface area contributed by atoms with E-state index >= 15 is 0 Å². The van der Waals surface area contributed by atoms with Crippen LogP contribution in [0.2, 0.25) is 0 Å². The predicted molar refractivity (Wildman–Crippen MR) is 332 cm³/mol. The highest BCUT2D eigenvalue weighted by Crippen LogP contribution is 2.40. The fourth-order valence-corrected chi connectivity index (χ4v) is 11.8. The Balaban J connectivity index is 0.921. The minimum atomic E-state index is -0.292. The zero-order valence-electron chi connectivity index (χ0n) is 47.6. The SMILES string of the molecule is [C-]#[N+]c1c(CCc2cc(CCc3ccc4c(cc(C(C)(C)C)n5cc(C)nc45)c3C#N)cc(-c3ccccc3-c3ccc(-c4cc(-c5ccc(-c6ccccc6)cc5)ccn4)cc3C#N)c2)ccc2c1nc(C(C)(C)C)n1cc(C)nc21. The first-order valence-corrected chi connectivity index (χ1v) is 28.0. The zero-order valence-corrected chi connectivity index (χ0v) is 47.6. The van der Waals surface area contributed by atoms with Crippen LogP contribution in [0.4, 0.5) is 5.69 Å². The molecule has 0 aliphatic rings. The average molecular weight is 1060 g/mol. The molecule has 82 heavy (non-hydrogen) atoms. The van der Waals surface area contributed by atoms with Crippen molar-refractivity contribution in [2.45, 2.75) is 91.9 Å². The largest absolute Gasteiger partial charge is 0.303 e. The molecule has 0 saturated carbocycles. The second kappa shape index (κ2) is 20.9. The molecule has 0 aliphatic heterocycles. The number of hydrogen-bond donors (Lipinski definition) is 0. The van der Waals surface area contributed by atoms with Crippen LogP contribution in [-0.4, -0.2) is 28.7 Å². The van der Waals surface area contributed by atoms with Crippen LogP contribution in [0.25, 0.3) is 93.6 Å². The minimum absolute atomic E-state index is 0.189. The van der Waals surface area contributed by atoms with E-state index in [0.29, 0.717) is 48.0 Å². The number of imidazole rings is 2. The number of nitrogens with zero attached hydrogens (tertiary/aromatic N) is 9. The Bertz CT molecular complexity index is 4460. The summed E-state index contributed by atoms with van der Waals surface area (Å²) in [7, 11) is 0. The molecule has 0 aliphatic carbocycles. The highest BCUT2D eigenvalue weighted by atomic mass is 15.1. The van der Waals surface area contributed by atoms with E-state index in [9.17, 15) is 10.5 Å². The summed E-state index contributed by atoms with van der Waals surface area (Å²) in [6, 6.07) is 60.0. The molecule has 0 radical (unpaired) electrons. The van der Waals surface area contributed by atoms with Gasteiger partial charge in [-0.05, 0) is 125 Å². The second-order valence-electron chi connectivity index (χ2n) is 23.7. The maximum absolute atomic E-state index is 10.9. The van der Waals surface area contributed by atoms with Crippen LogP contribution in [0.5, 0.6) is 0 Å². The molecule has 0 bridgehead atoms. The quantitative estimate of drug-likeness (QED) is 0.119. The van der Waals surface area contributed by atoms with Gasteiger partial charge in [-0.2, -0.15) is 10.5 Å². The van der Waals surface area contributed by atoms with E-state index < -0.39 is 0 Å². The van der Waals surface area contributed by atoms with E-state index in [0.717, 1.165) is 123 Å². The van der Waals surface area contributed by atoms with Gasteiger partial charge in [-0.1, -0.05) is 175 Å². The monoisotopic (exact) mass is 1060 g/mol. The standard InChI is InChI=1S/C73H61N9/c1-45-43-81-66(72(3,4)5)40-63-61(69(81)78-45)31-27-52(64(63)42-75)21-19-47-35-48(20-22-53-28-32-62-68(67(53)76-9)80-71(73(6,7)8)82-44-46(2)79-70(62)82)37-56(36-47)58-17-13-14-18-60(58)59-30-29-55(38-57(59)41-74)65-39-54(33-34-77-65)51-25-23-50(24-26-51)49-15-11-10-12-16-49/h10-18,23-40,43-44H,19-22H2,1-8H3. The Morgan fingerprint density at radius 1 is 0.500 bits per heavy atom. The highest BCUT2D eigenvalue weighted by Gasteiger charge is 2.25. The molecule has 7 aromatic carbocycles. The van der Waals surface area contributed by atoms with Crippen LogP contribution >= 0.6 is 0 Å². The molecule has 0 fully saturated rings. The van der Waals surface area contributed by atoms with Crippen molar-refractivity contribution in [3.05, 3.63) is 244 Å². The van der Waals surface area contributed by atoms with Crippen molar-refractivity contribution in [2.75, 3.05) is 0 Å². The zero-order chi connectivity index (χ0) is 57.0. The maximum Gasteiger partial charge on any atom is 0.216 e. The normalized spacial score (nSPS) is 11.8. The third-order valence-corrected chi connectivity index (χ3v) is 15.8. The number of pyridine rings is 2. The van der Waals surface area contributed by atoms with Crippen LogP contribution in [-0.2, 0) is 36.5 Å².